The van der Waals surface area contributed by atoms with Gasteiger partial charge < -0.3 is 5.32 Å². The van der Waals surface area contributed by atoms with Crippen molar-refractivity contribution in [3.8, 4) is 0 Å². The summed E-state index contributed by atoms with van der Waals surface area (Å²) in [5, 5.41) is 5.63. The Bertz CT molecular complexity index is 408. The average molecular weight is 336 g/mol. The molecule has 0 radical (unpaired) electrons. The standard InChI is InChI=1S/C14H19Cl2NS2/c1-2-17-12(13-9-18-6-7-19-13)8-10-4-3-5-11(15)14(10)16/h3-5,12-13,17H,2,6-9H2,1H3. The molecule has 1 aliphatic rings. The summed E-state index contributed by atoms with van der Waals surface area (Å²) >= 11 is 16.5. The molecule has 0 aliphatic carbocycles. The van der Waals surface area contributed by atoms with Gasteiger partial charge in [0, 0.05) is 28.6 Å². The number of benzene rings is 1. The number of thioether (sulfide) groups is 2. The molecule has 2 rings (SSSR count). The van der Waals surface area contributed by atoms with E-state index >= 15 is 0 Å². The Hall–Kier alpha value is 0.460. The van der Waals surface area contributed by atoms with Crippen LogP contribution in [0.1, 0.15) is 12.5 Å². The number of halogens is 2. The first-order chi connectivity index (χ1) is 9.22. The second kappa shape index (κ2) is 8.04. The van der Waals surface area contributed by atoms with Gasteiger partial charge in [-0.3, -0.25) is 0 Å². The first-order valence-electron chi connectivity index (χ1n) is 6.58. The molecule has 2 unspecified atom stereocenters. The third-order valence-electron chi connectivity index (χ3n) is 3.23. The highest BCUT2D eigenvalue weighted by Crippen LogP contribution is 2.31. The third-order valence-corrected chi connectivity index (χ3v) is 7.01. The van der Waals surface area contributed by atoms with Gasteiger partial charge in [-0.1, -0.05) is 42.3 Å². The zero-order valence-electron chi connectivity index (χ0n) is 11.0. The Morgan fingerprint density at radius 2 is 2.21 bits per heavy atom. The molecule has 0 amide bonds. The van der Waals surface area contributed by atoms with Gasteiger partial charge in [-0.05, 0) is 24.6 Å². The van der Waals surface area contributed by atoms with E-state index in [0.717, 1.165) is 18.5 Å². The van der Waals surface area contributed by atoms with Crippen molar-refractivity contribution in [2.45, 2.75) is 24.6 Å². The van der Waals surface area contributed by atoms with E-state index in [1.54, 1.807) is 0 Å². The van der Waals surface area contributed by atoms with Crippen LogP contribution in [0, 0.1) is 0 Å². The van der Waals surface area contributed by atoms with Gasteiger partial charge in [-0.15, -0.1) is 0 Å². The van der Waals surface area contributed by atoms with Crippen LogP contribution >= 0.6 is 46.7 Å². The lowest BCUT2D eigenvalue weighted by molar-refractivity contribution is 0.522. The lowest BCUT2D eigenvalue weighted by Gasteiger charge is -2.30. The van der Waals surface area contributed by atoms with Gasteiger partial charge in [0.25, 0.3) is 0 Å². The van der Waals surface area contributed by atoms with Gasteiger partial charge in [0.2, 0.25) is 0 Å². The summed E-state index contributed by atoms with van der Waals surface area (Å²) in [5.74, 6) is 3.75. The van der Waals surface area contributed by atoms with Crippen molar-refractivity contribution in [2.75, 3.05) is 23.8 Å². The molecule has 1 N–H and O–H groups in total. The minimum atomic E-state index is 0.471. The van der Waals surface area contributed by atoms with Gasteiger partial charge >= 0.3 is 0 Å². The van der Waals surface area contributed by atoms with Gasteiger partial charge in [0.15, 0.2) is 0 Å². The Labute approximate surface area is 134 Å². The van der Waals surface area contributed by atoms with Gasteiger partial charge in [0.05, 0.1) is 10.0 Å². The summed E-state index contributed by atoms with van der Waals surface area (Å²) in [7, 11) is 0. The van der Waals surface area contributed by atoms with Crippen LogP contribution in [0.25, 0.3) is 0 Å². The molecule has 19 heavy (non-hydrogen) atoms. The highest BCUT2D eigenvalue weighted by Gasteiger charge is 2.24. The number of rotatable bonds is 5. The monoisotopic (exact) mass is 335 g/mol. The quantitative estimate of drug-likeness (QED) is 0.858. The first-order valence-corrected chi connectivity index (χ1v) is 9.54. The molecule has 106 valence electrons. The molecule has 1 aromatic carbocycles. The van der Waals surface area contributed by atoms with E-state index in [4.69, 9.17) is 23.2 Å². The maximum atomic E-state index is 6.30. The maximum Gasteiger partial charge on any atom is 0.0624 e. The third kappa shape index (κ3) is 4.47. The van der Waals surface area contributed by atoms with Crippen molar-refractivity contribution in [3.05, 3.63) is 33.8 Å². The molecule has 1 aromatic rings. The molecule has 0 bridgehead atoms. The highest BCUT2D eigenvalue weighted by atomic mass is 35.5. The predicted molar refractivity (Wildman–Crippen MR) is 91.2 cm³/mol. The fourth-order valence-corrected chi connectivity index (χ4v) is 5.56. The Morgan fingerprint density at radius 1 is 1.37 bits per heavy atom. The van der Waals surface area contributed by atoms with Crippen LogP contribution in [-0.2, 0) is 6.42 Å². The number of nitrogens with one attached hydrogen (secondary N) is 1. The molecule has 1 nitrogen and oxygen atoms in total. The molecule has 0 spiro atoms. The molecule has 0 aromatic heterocycles. The maximum absolute atomic E-state index is 6.30. The van der Waals surface area contributed by atoms with E-state index in [1.165, 1.54) is 17.3 Å². The summed E-state index contributed by atoms with van der Waals surface area (Å²) < 4.78 is 0. The lowest BCUT2D eigenvalue weighted by atomic mass is 10.0. The minimum absolute atomic E-state index is 0.471. The van der Waals surface area contributed by atoms with Crippen LogP contribution in [0.3, 0.4) is 0 Å². The zero-order valence-corrected chi connectivity index (χ0v) is 14.1. The summed E-state index contributed by atoms with van der Waals surface area (Å²) in [5.41, 5.74) is 1.15. The van der Waals surface area contributed by atoms with Crippen molar-refractivity contribution in [3.63, 3.8) is 0 Å². The van der Waals surface area contributed by atoms with Crippen LogP contribution in [0.15, 0.2) is 18.2 Å². The van der Waals surface area contributed by atoms with E-state index < -0.39 is 0 Å². The molecule has 0 saturated carbocycles. The van der Waals surface area contributed by atoms with E-state index in [-0.39, 0.29) is 0 Å². The fraction of sp³-hybridized carbons (Fsp3) is 0.571. The average Bonchev–Trinajstić information content (AvgIpc) is 2.44. The zero-order chi connectivity index (χ0) is 13.7. The molecule has 1 heterocycles. The van der Waals surface area contributed by atoms with Crippen molar-refractivity contribution < 1.29 is 0 Å². The first kappa shape index (κ1) is 15.8. The molecular weight excluding hydrogens is 317 g/mol. The summed E-state index contributed by atoms with van der Waals surface area (Å²) in [4.78, 5) is 0. The molecule has 2 atom stereocenters. The van der Waals surface area contributed by atoms with Crippen molar-refractivity contribution in [2.24, 2.45) is 0 Å². The fourth-order valence-electron chi connectivity index (χ4n) is 2.28. The van der Waals surface area contributed by atoms with E-state index in [1.807, 2.05) is 12.1 Å². The van der Waals surface area contributed by atoms with Crippen LogP contribution in [0.2, 0.25) is 10.0 Å². The Balaban J connectivity index is 2.08. The van der Waals surface area contributed by atoms with E-state index in [2.05, 4.69) is 41.8 Å². The van der Waals surface area contributed by atoms with E-state index in [9.17, 15) is 0 Å². The highest BCUT2D eigenvalue weighted by molar-refractivity contribution is 8.06. The second-order valence-corrected chi connectivity index (χ2v) is 7.85. The minimum Gasteiger partial charge on any atom is -0.313 e. The molecule has 1 aliphatic heterocycles. The Kier molecular flexibility index (Phi) is 6.70. The van der Waals surface area contributed by atoms with Gasteiger partial charge in [-0.2, -0.15) is 23.5 Å². The largest absolute Gasteiger partial charge is 0.313 e. The lowest BCUT2D eigenvalue weighted by Crippen LogP contribution is -2.42. The Morgan fingerprint density at radius 3 is 2.89 bits per heavy atom. The van der Waals surface area contributed by atoms with Gasteiger partial charge in [0.1, 0.15) is 0 Å². The van der Waals surface area contributed by atoms with Crippen molar-refractivity contribution >= 4 is 46.7 Å². The SMILES string of the molecule is CCNC(Cc1cccc(Cl)c1Cl)C1CSCCS1. The number of hydrogen-bond donors (Lipinski definition) is 1. The molecule has 1 fully saturated rings. The summed E-state index contributed by atoms with van der Waals surface area (Å²) in [6, 6.07) is 6.38. The van der Waals surface area contributed by atoms with Crippen LogP contribution < -0.4 is 5.32 Å². The normalized spacial score (nSPS) is 21.3. The summed E-state index contributed by atoms with van der Waals surface area (Å²) in [6.45, 7) is 3.15. The smallest absolute Gasteiger partial charge is 0.0624 e. The van der Waals surface area contributed by atoms with E-state index in [0.29, 0.717) is 21.3 Å². The topological polar surface area (TPSA) is 12.0 Å². The molecular formula is C14H19Cl2NS2. The molecule has 5 heteroatoms. The summed E-state index contributed by atoms with van der Waals surface area (Å²) in [6.07, 6.45) is 0.950. The van der Waals surface area contributed by atoms with Crippen molar-refractivity contribution in [1.82, 2.24) is 5.32 Å². The van der Waals surface area contributed by atoms with Crippen molar-refractivity contribution in [1.29, 1.82) is 0 Å². The predicted octanol–water partition coefficient (Wildman–Crippen LogP) is 4.36. The second-order valence-electron chi connectivity index (χ2n) is 4.57. The number of likely N-dealkylation sites (N-methyl/N-ethyl adjacent to an activating group) is 1. The van der Waals surface area contributed by atoms with Gasteiger partial charge in [-0.25, -0.2) is 0 Å². The van der Waals surface area contributed by atoms with Crippen LogP contribution in [-0.4, -0.2) is 35.1 Å². The van der Waals surface area contributed by atoms with Crippen LogP contribution in [0.5, 0.6) is 0 Å². The number of hydrogen-bond acceptors (Lipinski definition) is 3. The van der Waals surface area contributed by atoms with Crippen LogP contribution in [0.4, 0.5) is 0 Å². The molecule has 1 saturated heterocycles.